The van der Waals surface area contributed by atoms with E-state index in [0.717, 1.165) is 16.6 Å². The second-order valence-corrected chi connectivity index (χ2v) is 5.45. The Morgan fingerprint density at radius 1 is 1.41 bits per heavy atom. The van der Waals surface area contributed by atoms with E-state index in [1.165, 1.54) is 24.9 Å². The van der Waals surface area contributed by atoms with E-state index in [9.17, 15) is 0 Å². The summed E-state index contributed by atoms with van der Waals surface area (Å²) in [6.07, 6.45) is 3.75. The first-order valence-corrected chi connectivity index (χ1v) is 7.07. The third-order valence-corrected chi connectivity index (χ3v) is 3.63. The Bertz CT molecular complexity index is 393. The lowest BCUT2D eigenvalue weighted by Crippen LogP contribution is -2.19. The summed E-state index contributed by atoms with van der Waals surface area (Å²) in [5, 5.41) is 0. The van der Waals surface area contributed by atoms with Crippen molar-refractivity contribution in [3.8, 4) is 0 Å². The second kappa shape index (κ2) is 6.97. The monoisotopic (exact) mass is 314 g/mol. The van der Waals surface area contributed by atoms with Crippen LogP contribution in [0.3, 0.4) is 0 Å². The van der Waals surface area contributed by atoms with Gasteiger partial charge in [0.15, 0.2) is 0 Å². The van der Waals surface area contributed by atoms with Crippen molar-refractivity contribution in [2.45, 2.75) is 26.2 Å². The van der Waals surface area contributed by atoms with Crippen LogP contribution in [0, 0.1) is 0 Å². The van der Waals surface area contributed by atoms with Crippen LogP contribution in [-0.2, 0) is 0 Å². The molecule has 4 heteroatoms. The van der Waals surface area contributed by atoms with Gasteiger partial charge in [-0.3, -0.25) is 0 Å². The second-order valence-electron chi connectivity index (χ2n) is 4.16. The molecule has 0 bridgehead atoms. The lowest BCUT2D eigenvalue weighted by molar-refractivity contribution is 0.705. The first kappa shape index (κ1) is 14.5. The van der Waals surface area contributed by atoms with E-state index in [1.54, 1.807) is 0 Å². The van der Waals surface area contributed by atoms with Crippen LogP contribution in [0.2, 0.25) is 0 Å². The van der Waals surface area contributed by atoms with Gasteiger partial charge in [-0.15, -0.1) is 0 Å². The molecule has 0 spiro atoms. The van der Waals surface area contributed by atoms with Crippen molar-refractivity contribution in [2.24, 2.45) is 5.73 Å². The van der Waals surface area contributed by atoms with Gasteiger partial charge >= 0.3 is 0 Å². The Labute approximate surface area is 117 Å². The molecular weight excluding hydrogens is 296 g/mol. The molecule has 0 amide bonds. The summed E-state index contributed by atoms with van der Waals surface area (Å²) in [4.78, 5) is 2.68. The highest BCUT2D eigenvalue weighted by Crippen LogP contribution is 2.23. The van der Waals surface area contributed by atoms with Crippen molar-refractivity contribution < 1.29 is 0 Å². The standard InChI is InChI=1S/C13H19BrN2S/c1-3-4-5-8-16(2)10-6-7-11(13(15)17)12(14)9-10/h6-7,9H,3-5,8H2,1-2H3,(H2,15,17). The lowest BCUT2D eigenvalue weighted by atomic mass is 10.2. The largest absolute Gasteiger partial charge is 0.389 e. The smallest absolute Gasteiger partial charge is 0.105 e. The molecule has 0 aliphatic carbocycles. The number of thiocarbonyl (C=S) groups is 1. The first-order valence-electron chi connectivity index (χ1n) is 5.86. The molecule has 1 aromatic rings. The Morgan fingerprint density at radius 2 is 2.12 bits per heavy atom. The molecule has 0 saturated carbocycles. The minimum Gasteiger partial charge on any atom is -0.389 e. The van der Waals surface area contributed by atoms with Crippen LogP contribution in [0.4, 0.5) is 5.69 Å². The Hall–Kier alpha value is -0.610. The molecule has 0 aliphatic rings. The van der Waals surface area contributed by atoms with Gasteiger partial charge in [0.25, 0.3) is 0 Å². The zero-order valence-corrected chi connectivity index (χ0v) is 12.8. The summed E-state index contributed by atoms with van der Waals surface area (Å²) in [7, 11) is 2.11. The Morgan fingerprint density at radius 3 is 2.65 bits per heavy atom. The molecule has 0 aliphatic heterocycles. The molecule has 1 rings (SSSR count). The highest BCUT2D eigenvalue weighted by Gasteiger charge is 2.06. The summed E-state index contributed by atoms with van der Waals surface area (Å²) >= 11 is 8.48. The van der Waals surface area contributed by atoms with E-state index in [1.807, 2.05) is 6.07 Å². The molecule has 2 N–H and O–H groups in total. The van der Waals surface area contributed by atoms with Gasteiger partial charge < -0.3 is 10.6 Å². The van der Waals surface area contributed by atoms with Crippen LogP contribution in [-0.4, -0.2) is 18.6 Å². The average molecular weight is 315 g/mol. The average Bonchev–Trinajstić information content (AvgIpc) is 2.28. The molecule has 0 heterocycles. The fourth-order valence-corrected chi connectivity index (χ4v) is 2.56. The predicted octanol–water partition coefficient (Wildman–Crippen LogP) is 3.71. The molecule has 17 heavy (non-hydrogen) atoms. The molecule has 0 fully saturated rings. The fourth-order valence-electron chi connectivity index (χ4n) is 1.67. The normalized spacial score (nSPS) is 10.3. The maximum atomic E-state index is 5.63. The van der Waals surface area contributed by atoms with Gasteiger partial charge in [0.05, 0.1) is 0 Å². The van der Waals surface area contributed by atoms with Crippen LogP contribution < -0.4 is 10.6 Å². The molecule has 1 aromatic carbocycles. The van der Waals surface area contributed by atoms with Crippen molar-refractivity contribution in [3.05, 3.63) is 28.2 Å². The molecule has 0 atom stereocenters. The number of halogens is 1. The Kier molecular flexibility index (Phi) is 5.92. The van der Waals surface area contributed by atoms with E-state index in [4.69, 9.17) is 18.0 Å². The summed E-state index contributed by atoms with van der Waals surface area (Å²) in [5.41, 5.74) is 7.71. The third kappa shape index (κ3) is 4.28. The zero-order chi connectivity index (χ0) is 12.8. The number of anilines is 1. The molecule has 0 radical (unpaired) electrons. The molecule has 0 saturated heterocycles. The SMILES string of the molecule is CCCCCN(C)c1ccc(C(N)=S)c(Br)c1. The fraction of sp³-hybridized carbons (Fsp3) is 0.462. The predicted molar refractivity (Wildman–Crippen MR) is 82.8 cm³/mol. The Balaban J connectivity index is 2.72. The van der Waals surface area contributed by atoms with Gasteiger partial charge in [-0.2, -0.15) is 0 Å². The van der Waals surface area contributed by atoms with Gasteiger partial charge in [0, 0.05) is 29.3 Å². The number of rotatable bonds is 6. The summed E-state index contributed by atoms with van der Waals surface area (Å²) in [5.74, 6) is 0. The number of unbranched alkanes of at least 4 members (excludes halogenated alkanes) is 2. The maximum absolute atomic E-state index is 5.63. The first-order chi connectivity index (χ1) is 8.06. The van der Waals surface area contributed by atoms with Crippen molar-refractivity contribution in [2.75, 3.05) is 18.5 Å². The van der Waals surface area contributed by atoms with Crippen molar-refractivity contribution in [1.29, 1.82) is 0 Å². The van der Waals surface area contributed by atoms with Gasteiger partial charge in [-0.25, -0.2) is 0 Å². The summed E-state index contributed by atoms with van der Waals surface area (Å²) in [6, 6.07) is 6.10. The minimum absolute atomic E-state index is 0.428. The topological polar surface area (TPSA) is 29.3 Å². The molecule has 0 unspecified atom stereocenters. The summed E-state index contributed by atoms with van der Waals surface area (Å²) < 4.78 is 0.963. The van der Waals surface area contributed by atoms with Gasteiger partial charge in [0.1, 0.15) is 4.99 Å². The lowest BCUT2D eigenvalue weighted by Gasteiger charge is -2.20. The van der Waals surface area contributed by atoms with Crippen LogP contribution >= 0.6 is 28.1 Å². The van der Waals surface area contributed by atoms with Crippen LogP contribution in [0.15, 0.2) is 22.7 Å². The minimum atomic E-state index is 0.428. The zero-order valence-electron chi connectivity index (χ0n) is 10.4. The highest BCUT2D eigenvalue weighted by molar-refractivity contribution is 9.10. The quantitative estimate of drug-likeness (QED) is 0.641. The van der Waals surface area contributed by atoms with Crippen molar-refractivity contribution in [1.82, 2.24) is 0 Å². The number of nitrogens with two attached hydrogens (primary N) is 1. The van der Waals surface area contributed by atoms with E-state index in [0.29, 0.717) is 4.99 Å². The van der Waals surface area contributed by atoms with Gasteiger partial charge in [0.2, 0.25) is 0 Å². The third-order valence-electron chi connectivity index (χ3n) is 2.76. The highest BCUT2D eigenvalue weighted by atomic mass is 79.9. The molecule has 2 nitrogen and oxygen atoms in total. The van der Waals surface area contributed by atoms with Crippen LogP contribution in [0.5, 0.6) is 0 Å². The van der Waals surface area contributed by atoms with Gasteiger partial charge in [-0.1, -0.05) is 32.0 Å². The van der Waals surface area contributed by atoms with E-state index in [2.05, 4.69) is 46.9 Å². The van der Waals surface area contributed by atoms with E-state index in [-0.39, 0.29) is 0 Å². The number of hydrogen-bond donors (Lipinski definition) is 1. The summed E-state index contributed by atoms with van der Waals surface area (Å²) in [6.45, 7) is 3.29. The van der Waals surface area contributed by atoms with E-state index >= 15 is 0 Å². The maximum Gasteiger partial charge on any atom is 0.105 e. The molecular formula is C13H19BrN2S. The number of hydrogen-bond acceptors (Lipinski definition) is 2. The molecule has 94 valence electrons. The van der Waals surface area contributed by atoms with Crippen molar-refractivity contribution in [3.63, 3.8) is 0 Å². The van der Waals surface area contributed by atoms with E-state index < -0.39 is 0 Å². The number of nitrogens with zero attached hydrogens (tertiary/aromatic N) is 1. The van der Waals surface area contributed by atoms with Gasteiger partial charge in [-0.05, 0) is 40.5 Å². The number of benzene rings is 1. The van der Waals surface area contributed by atoms with Crippen molar-refractivity contribution >= 4 is 38.8 Å². The molecule has 0 aromatic heterocycles. The van der Waals surface area contributed by atoms with Crippen LogP contribution in [0.1, 0.15) is 31.7 Å². The van der Waals surface area contributed by atoms with Crippen LogP contribution in [0.25, 0.3) is 0 Å².